The second-order valence-corrected chi connectivity index (χ2v) is 6.59. The highest BCUT2D eigenvalue weighted by molar-refractivity contribution is 7.91. The summed E-state index contributed by atoms with van der Waals surface area (Å²) in [5.41, 5.74) is 0.727. The van der Waals surface area contributed by atoms with E-state index < -0.39 is 9.84 Å². The summed E-state index contributed by atoms with van der Waals surface area (Å²) in [5, 5.41) is 2.95. The number of benzene rings is 1. The number of hydrogen-bond donors (Lipinski definition) is 1. The van der Waals surface area contributed by atoms with Crippen LogP contribution in [0.1, 0.15) is 13.3 Å². The van der Waals surface area contributed by atoms with Crippen LogP contribution in [0, 0.1) is 0 Å². The van der Waals surface area contributed by atoms with Crippen LogP contribution < -0.4 is 5.32 Å². The van der Waals surface area contributed by atoms with Gasteiger partial charge in [-0.05, 0) is 30.7 Å². The molecule has 0 fully saturated rings. The predicted octanol–water partition coefficient (Wildman–Crippen LogP) is 1.37. The van der Waals surface area contributed by atoms with Gasteiger partial charge in [0.05, 0.1) is 17.2 Å². The number of hydrogen-bond acceptors (Lipinski definition) is 4. The molecule has 1 aromatic rings. The molecule has 0 aliphatic heterocycles. The lowest BCUT2D eigenvalue weighted by atomic mass is 10.3. The molecule has 1 N–H and O–H groups in total. The zero-order chi connectivity index (χ0) is 14.5. The van der Waals surface area contributed by atoms with Crippen molar-refractivity contribution in [3.8, 4) is 0 Å². The fourth-order valence-corrected chi connectivity index (χ4v) is 2.83. The first-order valence-corrected chi connectivity index (χ1v) is 7.79. The van der Waals surface area contributed by atoms with Crippen LogP contribution in [0.3, 0.4) is 0 Å². The van der Waals surface area contributed by atoms with Crippen molar-refractivity contribution in [3.63, 3.8) is 0 Å². The van der Waals surface area contributed by atoms with Crippen LogP contribution in [0.4, 0.5) is 5.69 Å². The highest BCUT2D eigenvalue weighted by Crippen LogP contribution is 2.15. The Hall–Kier alpha value is -1.56. The Morgan fingerprint density at radius 2 is 1.79 bits per heavy atom. The van der Waals surface area contributed by atoms with E-state index in [1.54, 1.807) is 38.4 Å². The minimum atomic E-state index is -3.17. The van der Waals surface area contributed by atoms with Gasteiger partial charge in [-0.2, -0.15) is 0 Å². The van der Waals surface area contributed by atoms with Crippen molar-refractivity contribution in [3.05, 3.63) is 24.3 Å². The van der Waals surface area contributed by atoms with E-state index in [0.29, 0.717) is 11.3 Å². The van der Waals surface area contributed by atoms with Gasteiger partial charge in [-0.15, -0.1) is 0 Å². The monoisotopic (exact) mass is 284 g/mol. The first-order chi connectivity index (χ1) is 8.86. The van der Waals surface area contributed by atoms with Crippen LogP contribution in [0.25, 0.3) is 0 Å². The lowest BCUT2D eigenvalue weighted by Crippen LogP contribution is -2.28. The van der Waals surface area contributed by atoms with E-state index in [9.17, 15) is 13.2 Å². The molecule has 5 nitrogen and oxygen atoms in total. The number of rotatable bonds is 6. The molecule has 1 aromatic carbocycles. The Kier molecular flexibility index (Phi) is 5.35. The smallest absolute Gasteiger partial charge is 0.241 e. The van der Waals surface area contributed by atoms with Gasteiger partial charge in [0, 0.05) is 19.8 Å². The number of sulfone groups is 1. The molecule has 0 radical (unpaired) electrons. The van der Waals surface area contributed by atoms with Gasteiger partial charge < -0.3 is 10.2 Å². The molecule has 106 valence electrons. The van der Waals surface area contributed by atoms with Crippen LogP contribution in [0.2, 0.25) is 0 Å². The molecule has 0 aromatic heterocycles. The maximum atomic E-state index is 11.8. The van der Waals surface area contributed by atoms with Crippen molar-refractivity contribution in [1.82, 2.24) is 4.90 Å². The molecular weight excluding hydrogens is 264 g/mol. The Labute approximate surface area is 114 Å². The van der Waals surface area contributed by atoms with E-state index in [4.69, 9.17) is 0 Å². The maximum absolute atomic E-state index is 11.8. The molecule has 1 amide bonds. The first kappa shape index (κ1) is 15.5. The Morgan fingerprint density at radius 3 is 2.26 bits per heavy atom. The van der Waals surface area contributed by atoms with E-state index in [0.717, 1.165) is 5.69 Å². The number of amides is 1. The van der Waals surface area contributed by atoms with Crippen molar-refractivity contribution in [2.45, 2.75) is 18.2 Å². The SMILES string of the molecule is CCCS(=O)(=O)c1ccc(NCC(=O)N(C)C)cc1. The van der Waals surface area contributed by atoms with E-state index in [1.165, 1.54) is 4.90 Å². The highest BCUT2D eigenvalue weighted by atomic mass is 32.2. The van der Waals surface area contributed by atoms with Crippen molar-refractivity contribution >= 4 is 21.4 Å². The van der Waals surface area contributed by atoms with Gasteiger partial charge in [0.1, 0.15) is 0 Å². The number of anilines is 1. The Balaban J connectivity index is 2.70. The fourth-order valence-electron chi connectivity index (χ4n) is 1.50. The van der Waals surface area contributed by atoms with Gasteiger partial charge in [-0.3, -0.25) is 4.79 Å². The fraction of sp³-hybridized carbons (Fsp3) is 0.462. The third-order valence-corrected chi connectivity index (χ3v) is 4.56. The highest BCUT2D eigenvalue weighted by Gasteiger charge is 2.12. The summed E-state index contributed by atoms with van der Waals surface area (Å²) >= 11 is 0. The molecule has 1 rings (SSSR count). The van der Waals surface area contributed by atoms with Crippen LogP contribution >= 0.6 is 0 Å². The van der Waals surface area contributed by atoms with Crippen LogP contribution in [0.15, 0.2) is 29.2 Å². The Morgan fingerprint density at radius 1 is 1.21 bits per heavy atom. The average Bonchev–Trinajstić information content (AvgIpc) is 2.36. The normalized spacial score (nSPS) is 11.1. The van der Waals surface area contributed by atoms with Crippen molar-refractivity contribution < 1.29 is 13.2 Å². The standard InChI is InChI=1S/C13H20N2O3S/c1-4-9-19(17,18)12-7-5-11(6-8-12)14-10-13(16)15(2)3/h5-8,14H,4,9-10H2,1-3H3. The molecule has 0 aliphatic carbocycles. The topological polar surface area (TPSA) is 66.5 Å². The third kappa shape index (κ3) is 4.55. The van der Waals surface area contributed by atoms with Crippen LogP contribution in [-0.2, 0) is 14.6 Å². The maximum Gasteiger partial charge on any atom is 0.241 e. The molecular formula is C13H20N2O3S. The van der Waals surface area contributed by atoms with E-state index >= 15 is 0 Å². The third-order valence-electron chi connectivity index (χ3n) is 2.63. The van der Waals surface area contributed by atoms with E-state index in [-0.39, 0.29) is 18.2 Å². The molecule has 0 spiro atoms. The number of likely N-dealkylation sites (N-methyl/N-ethyl adjacent to an activating group) is 1. The zero-order valence-electron chi connectivity index (χ0n) is 11.5. The minimum Gasteiger partial charge on any atom is -0.376 e. The van der Waals surface area contributed by atoms with Gasteiger partial charge in [0.15, 0.2) is 9.84 Å². The number of carbonyl (C=O) groups is 1. The molecule has 0 aliphatic rings. The van der Waals surface area contributed by atoms with Gasteiger partial charge in [0.2, 0.25) is 5.91 Å². The molecule has 0 saturated heterocycles. The first-order valence-electron chi connectivity index (χ1n) is 6.13. The summed E-state index contributed by atoms with van der Waals surface area (Å²) in [6.07, 6.45) is 0.597. The van der Waals surface area contributed by atoms with Crippen LogP contribution in [-0.4, -0.2) is 45.6 Å². The quantitative estimate of drug-likeness (QED) is 0.857. The number of nitrogens with zero attached hydrogens (tertiary/aromatic N) is 1. The molecule has 0 saturated carbocycles. The summed E-state index contributed by atoms with van der Waals surface area (Å²) in [6, 6.07) is 6.47. The van der Waals surface area contributed by atoms with Gasteiger partial charge in [0.25, 0.3) is 0 Å². The second-order valence-electron chi connectivity index (χ2n) is 4.48. The molecule has 6 heteroatoms. The lowest BCUT2D eigenvalue weighted by Gasteiger charge is -2.12. The van der Waals surface area contributed by atoms with Crippen molar-refractivity contribution in [1.29, 1.82) is 0 Å². The van der Waals surface area contributed by atoms with Gasteiger partial charge in [-0.25, -0.2) is 8.42 Å². The minimum absolute atomic E-state index is 0.0392. The largest absolute Gasteiger partial charge is 0.376 e. The molecule has 0 bridgehead atoms. The summed E-state index contributed by atoms with van der Waals surface area (Å²) in [5.74, 6) is 0.112. The zero-order valence-corrected chi connectivity index (χ0v) is 12.3. The van der Waals surface area contributed by atoms with E-state index in [1.807, 2.05) is 6.92 Å². The molecule has 19 heavy (non-hydrogen) atoms. The molecule has 0 unspecified atom stereocenters. The predicted molar refractivity (Wildman–Crippen MR) is 76.0 cm³/mol. The van der Waals surface area contributed by atoms with Gasteiger partial charge in [-0.1, -0.05) is 6.92 Å². The summed E-state index contributed by atoms with van der Waals surface area (Å²) < 4.78 is 23.6. The average molecular weight is 284 g/mol. The number of nitrogens with one attached hydrogen (secondary N) is 1. The van der Waals surface area contributed by atoms with Crippen LogP contribution in [0.5, 0.6) is 0 Å². The van der Waals surface area contributed by atoms with Gasteiger partial charge >= 0.3 is 0 Å². The number of carbonyl (C=O) groups excluding carboxylic acids is 1. The summed E-state index contributed by atoms with van der Waals surface area (Å²) in [7, 11) is 0.195. The van der Waals surface area contributed by atoms with E-state index in [2.05, 4.69) is 5.32 Å². The summed E-state index contributed by atoms with van der Waals surface area (Å²) in [4.78, 5) is 13.2. The van der Waals surface area contributed by atoms with Crippen molar-refractivity contribution in [2.75, 3.05) is 31.7 Å². The van der Waals surface area contributed by atoms with Crippen molar-refractivity contribution in [2.24, 2.45) is 0 Å². The summed E-state index contributed by atoms with van der Waals surface area (Å²) in [6.45, 7) is 2.02. The lowest BCUT2D eigenvalue weighted by molar-refractivity contribution is -0.126. The Bertz CT molecular complexity index is 521. The molecule has 0 atom stereocenters. The second kappa shape index (κ2) is 6.56. The molecule has 0 heterocycles.